The standard InChI is InChI=1S/C12H14N2O3/c1-7(2)14-10-8(5-4-6-13-10)9(11(14)15)12(16)17-3/h4-7,9H,1-3H3. The summed E-state index contributed by atoms with van der Waals surface area (Å²) in [5.74, 6) is -1.11. The van der Waals surface area contributed by atoms with Crippen molar-refractivity contribution in [2.45, 2.75) is 25.8 Å². The van der Waals surface area contributed by atoms with Gasteiger partial charge in [-0.05, 0) is 19.9 Å². The van der Waals surface area contributed by atoms with Crippen molar-refractivity contribution in [3.05, 3.63) is 23.9 Å². The van der Waals surface area contributed by atoms with E-state index in [1.807, 2.05) is 13.8 Å². The number of carbonyl (C=O) groups is 2. The second kappa shape index (κ2) is 4.16. The fraction of sp³-hybridized carbons (Fsp3) is 0.417. The Bertz CT molecular complexity index is 471. The van der Waals surface area contributed by atoms with Crippen molar-refractivity contribution in [2.75, 3.05) is 12.0 Å². The zero-order valence-corrected chi connectivity index (χ0v) is 10.0. The Morgan fingerprint density at radius 3 is 2.82 bits per heavy atom. The molecule has 5 nitrogen and oxygen atoms in total. The molecule has 17 heavy (non-hydrogen) atoms. The van der Waals surface area contributed by atoms with Gasteiger partial charge < -0.3 is 4.74 Å². The fourth-order valence-electron chi connectivity index (χ4n) is 2.06. The lowest BCUT2D eigenvalue weighted by molar-refractivity contribution is -0.145. The third-order valence-corrected chi connectivity index (χ3v) is 2.79. The molecule has 90 valence electrons. The summed E-state index contributed by atoms with van der Waals surface area (Å²) >= 11 is 0. The molecule has 0 bridgehead atoms. The van der Waals surface area contributed by atoms with Crippen LogP contribution < -0.4 is 4.90 Å². The van der Waals surface area contributed by atoms with Crippen molar-refractivity contribution < 1.29 is 14.3 Å². The average molecular weight is 234 g/mol. The first-order valence-electron chi connectivity index (χ1n) is 5.43. The quantitative estimate of drug-likeness (QED) is 0.567. The Hall–Kier alpha value is -1.91. The SMILES string of the molecule is COC(=O)C1C(=O)N(C(C)C)c2ncccc21. The van der Waals surface area contributed by atoms with Crippen LogP contribution in [0.3, 0.4) is 0 Å². The van der Waals surface area contributed by atoms with Crippen LogP contribution in [-0.2, 0) is 14.3 Å². The molecule has 0 saturated carbocycles. The highest BCUT2D eigenvalue weighted by atomic mass is 16.5. The molecule has 1 aromatic heterocycles. The molecule has 2 rings (SSSR count). The molecule has 0 spiro atoms. The summed E-state index contributed by atoms with van der Waals surface area (Å²) < 4.78 is 4.68. The molecule has 0 saturated heterocycles. The molecule has 0 radical (unpaired) electrons. The lowest BCUT2D eigenvalue weighted by atomic mass is 10.0. The Labute approximate surface area is 99.4 Å². The van der Waals surface area contributed by atoms with E-state index in [9.17, 15) is 9.59 Å². The summed E-state index contributed by atoms with van der Waals surface area (Å²) in [4.78, 5) is 29.6. The number of hydrogen-bond acceptors (Lipinski definition) is 4. The number of fused-ring (bicyclic) bond motifs is 1. The molecule has 0 fully saturated rings. The van der Waals surface area contributed by atoms with E-state index in [1.54, 1.807) is 18.3 Å². The van der Waals surface area contributed by atoms with E-state index < -0.39 is 11.9 Å². The summed E-state index contributed by atoms with van der Waals surface area (Å²) in [6.45, 7) is 3.77. The van der Waals surface area contributed by atoms with Gasteiger partial charge in [-0.3, -0.25) is 14.5 Å². The number of esters is 1. The predicted molar refractivity (Wildman–Crippen MR) is 61.6 cm³/mol. The van der Waals surface area contributed by atoms with Crippen molar-refractivity contribution in [3.8, 4) is 0 Å². The van der Waals surface area contributed by atoms with E-state index in [2.05, 4.69) is 9.72 Å². The van der Waals surface area contributed by atoms with Crippen LogP contribution in [-0.4, -0.2) is 30.0 Å². The van der Waals surface area contributed by atoms with Crippen LogP contribution in [0.5, 0.6) is 0 Å². The molecule has 0 aromatic carbocycles. The van der Waals surface area contributed by atoms with E-state index >= 15 is 0 Å². The number of amides is 1. The molecule has 1 aliphatic rings. The Kier molecular flexibility index (Phi) is 2.83. The molecule has 0 N–H and O–H groups in total. The number of aromatic nitrogens is 1. The monoisotopic (exact) mass is 234 g/mol. The molecular formula is C12H14N2O3. The fourth-order valence-corrected chi connectivity index (χ4v) is 2.06. The number of methoxy groups -OCH3 is 1. The Balaban J connectivity index is 2.53. The maximum Gasteiger partial charge on any atom is 0.322 e. The number of ether oxygens (including phenoxy) is 1. The van der Waals surface area contributed by atoms with E-state index in [1.165, 1.54) is 12.0 Å². The molecule has 1 aromatic rings. The van der Waals surface area contributed by atoms with Crippen molar-refractivity contribution in [3.63, 3.8) is 0 Å². The molecule has 1 atom stereocenters. The van der Waals surface area contributed by atoms with Gasteiger partial charge in [-0.25, -0.2) is 4.98 Å². The maximum atomic E-state index is 12.2. The zero-order chi connectivity index (χ0) is 12.6. The van der Waals surface area contributed by atoms with Crippen LogP contribution in [0.4, 0.5) is 5.82 Å². The molecule has 2 heterocycles. The molecular weight excluding hydrogens is 220 g/mol. The van der Waals surface area contributed by atoms with Crippen LogP contribution in [0.1, 0.15) is 25.3 Å². The summed E-state index contributed by atoms with van der Waals surface area (Å²) in [6.07, 6.45) is 1.61. The number of rotatable bonds is 2. The van der Waals surface area contributed by atoms with Crippen LogP contribution in [0.2, 0.25) is 0 Å². The lowest BCUT2D eigenvalue weighted by Gasteiger charge is -2.20. The number of carbonyl (C=O) groups excluding carboxylic acids is 2. The zero-order valence-electron chi connectivity index (χ0n) is 10.0. The minimum atomic E-state index is -0.869. The number of nitrogens with zero attached hydrogens (tertiary/aromatic N) is 2. The van der Waals surface area contributed by atoms with Crippen LogP contribution in [0.15, 0.2) is 18.3 Å². The van der Waals surface area contributed by atoms with Crippen LogP contribution in [0.25, 0.3) is 0 Å². The minimum Gasteiger partial charge on any atom is -0.468 e. The highest BCUT2D eigenvalue weighted by Gasteiger charge is 2.44. The van der Waals surface area contributed by atoms with Gasteiger partial charge in [0.2, 0.25) is 5.91 Å². The second-order valence-electron chi connectivity index (χ2n) is 4.17. The van der Waals surface area contributed by atoms with E-state index in [-0.39, 0.29) is 11.9 Å². The molecule has 0 aliphatic carbocycles. The largest absolute Gasteiger partial charge is 0.468 e. The van der Waals surface area contributed by atoms with Crippen LogP contribution >= 0.6 is 0 Å². The highest BCUT2D eigenvalue weighted by Crippen LogP contribution is 2.37. The predicted octanol–water partition coefficient (Wildman–Crippen LogP) is 1.09. The van der Waals surface area contributed by atoms with Gasteiger partial charge in [0.15, 0.2) is 5.92 Å². The van der Waals surface area contributed by atoms with Crippen molar-refractivity contribution in [1.29, 1.82) is 0 Å². The van der Waals surface area contributed by atoms with E-state index in [0.717, 1.165) is 0 Å². The number of anilines is 1. The van der Waals surface area contributed by atoms with Gasteiger partial charge in [-0.1, -0.05) is 6.07 Å². The smallest absolute Gasteiger partial charge is 0.322 e. The van der Waals surface area contributed by atoms with E-state index in [0.29, 0.717) is 11.4 Å². The van der Waals surface area contributed by atoms with Gasteiger partial charge in [0.25, 0.3) is 0 Å². The van der Waals surface area contributed by atoms with Gasteiger partial charge >= 0.3 is 5.97 Å². The highest BCUT2D eigenvalue weighted by molar-refractivity contribution is 6.15. The third-order valence-electron chi connectivity index (χ3n) is 2.79. The summed E-state index contributed by atoms with van der Waals surface area (Å²) in [5.41, 5.74) is 0.623. The normalized spacial score (nSPS) is 18.5. The number of pyridine rings is 1. The Morgan fingerprint density at radius 2 is 2.24 bits per heavy atom. The first-order chi connectivity index (χ1) is 8.07. The molecule has 5 heteroatoms. The van der Waals surface area contributed by atoms with Gasteiger partial charge in [-0.15, -0.1) is 0 Å². The first-order valence-corrected chi connectivity index (χ1v) is 5.43. The maximum absolute atomic E-state index is 12.2. The van der Waals surface area contributed by atoms with Crippen molar-refractivity contribution in [1.82, 2.24) is 4.98 Å². The lowest BCUT2D eigenvalue weighted by Crippen LogP contribution is -2.37. The van der Waals surface area contributed by atoms with Gasteiger partial charge in [0, 0.05) is 17.8 Å². The topological polar surface area (TPSA) is 59.5 Å². The Morgan fingerprint density at radius 1 is 1.53 bits per heavy atom. The van der Waals surface area contributed by atoms with Gasteiger partial charge in [0.05, 0.1) is 7.11 Å². The summed E-state index contributed by atoms with van der Waals surface area (Å²) in [7, 11) is 1.28. The second-order valence-corrected chi connectivity index (χ2v) is 4.17. The van der Waals surface area contributed by atoms with Crippen molar-refractivity contribution >= 4 is 17.7 Å². The number of hydrogen-bond donors (Lipinski definition) is 0. The third kappa shape index (κ3) is 1.67. The van der Waals surface area contributed by atoms with Gasteiger partial charge in [0.1, 0.15) is 5.82 Å². The molecule has 1 aliphatic heterocycles. The molecule has 1 amide bonds. The first kappa shape index (κ1) is 11.6. The van der Waals surface area contributed by atoms with Crippen molar-refractivity contribution in [2.24, 2.45) is 0 Å². The van der Waals surface area contributed by atoms with Gasteiger partial charge in [-0.2, -0.15) is 0 Å². The minimum absolute atomic E-state index is 0.0363. The van der Waals surface area contributed by atoms with E-state index in [4.69, 9.17) is 0 Å². The summed E-state index contributed by atoms with van der Waals surface area (Å²) in [5, 5.41) is 0. The molecule has 1 unspecified atom stereocenters. The summed E-state index contributed by atoms with van der Waals surface area (Å²) in [6, 6.07) is 3.42. The van der Waals surface area contributed by atoms with Crippen LogP contribution in [0, 0.1) is 0 Å². The average Bonchev–Trinajstić information content (AvgIpc) is 2.60.